The lowest BCUT2D eigenvalue weighted by Gasteiger charge is -2.37. The lowest BCUT2D eigenvalue weighted by molar-refractivity contribution is -0.150. The number of ether oxygens (including phenoxy) is 1. The van der Waals surface area contributed by atoms with E-state index in [4.69, 9.17) is 4.74 Å². The Hall–Kier alpha value is -2.94. The zero-order valence-electron chi connectivity index (χ0n) is 23.2. The highest BCUT2D eigenvalue weighted by Gasteiger charge is 2.57. The molecular formula is C30H41ClN4O4. The summed E-state index contributed by atoms with van der Waals surface area (Å²) in [6, 6.07) is 17.4. The molecule has 4 rings (SSSR count). The predicted octanol–water partition coefficient (Wildman–Crippen LogP) is 3.56. The molecule has 0 aliphatic carbocycles. The third-order valence-electron chi connectivity index (χ3n) is 8.37. The van der Waals surface area contributed by atoms with Gasteiger partial charge in [-0.05, 0) is 37.9 Å². The number of amides is 3. The van der Waals surface area contributed by atoms with E-state index in [9.17, 15) is 14.4 Å². The first kappa shape index (κ1) is 30.6. The van der Waals surface area contributed by atoms with E-state index in [1.807, 2.05) is 60.7 Å². The van der Waals surface area contributed by atoms with Gasteiger partial charge in [0.2, 0.25) is 17.7 Å². The normalized spacial score (nSPS) is 22.8. The Kier molecular flexibility index (Phi) is 10.5. The maximum Gasteiger partial charge on any atom is 0.247 e. The van der Waals surface area contributed by atoms with Crippen LogP contribution in [0.15, 0.2) is 60.7 Å². The summed E-state index contributed by atoms with van der Waals surface area (Å²) in [4.78, 5) is 42.5. The molecule has 4 atom stereocenters. The number of hydrogen-bond donors (Lipinski definition) is 3. The van der Waals surface area contributed by atoms with Crippen LogP contribution in [-0.4, -0.2) is 60.6 Å². The van der Waals surface area contributed by atoms with Crippen molar-refractivity contribution in [1.82, 2.24) is 20.9 Å². The van der Waals surface area contributed by atoms with Crippen molar-refractivity contribution in [3.05, 3.63) is 71.8 Å². The van der Waals surface area contributed by atoms with Crippen molar-refractivity contribution < 1.29 is 19.1 Å². The molecule has 2 aromatic carbocycles. The fourth-order valence-corrected chi connectivity index (χ4v) is 5.82. The molecule has 3 N–H and O–H groups in total. The number of carbonyl (C=O) groups is 3. The maximum absolute atomic E-state index is 14.3. The Labute approximate surface area is 237 Å². The first-order chi connectivity index (χ1) is 18.3. The minimum Gasteiger partial charge on any atom is -0.358 e. The standard InChI is InChI=1S/C30H40N4O4.ClH/c1-5-30(6-2)19-24-34(29(37)23(17-18-38-24)32-27(35)20(3)31-4)26(30)28(36)33-25(21-13-9-7-10-14-21)22-15-11-8-12-16-22;/h7-16,20,23-26,31H,5-6,17-19H2,1-4H3,(H,32,35)(H,33,36);1H/t20-,23?,24?,26?;/m0./s1. The molecule has 0 aromatic heterocycles. The molecule has 0 radical (unpaired) electrons. The van der Waals surface area contributed by atoms with Gasteiger partial charge in [0.15, 0.2) is 0 Å². The van der Waals surface area contributed by atoms with Gasteiger partial charge >= 0.3 is 0 Å². The monoisotopic (exact) mass is 556 g/mol. The van der Waals surface area contributed by atoms with E-state index in [2.05, 4.69) is 29.8 Å². The molecule has 0 saturated carbocycles. The van der Waals surface area contributed by atoms with Gasteiger partial charge < -0.3 is 25.6 Å². The summed E-state index contributed by atoms with van der Waals surface area (Å²) in [6.07, 6.45) is 1.89. The van der Waals surface area contributed by atoms with E-state index in [-0.39, 0.29) is 36.2 Å². The first-order valence-electron chi connectivity index (χ1n) is 13.7. The van der Waals surface area contributed by atoms with Crippen molar-refractivity contribution in [2.24, 2.45) is 5.41 Å². The van der Waals surface area contributed by atoms with Crippen LogP contribution in [0, 0.1) is 5.41 Å². The van der Waals surface area contributed by atoms with Gasteiger partial charge in [0.25, 0.3) is 0 Å². The van der Waals surface area contributed by atoms with Gasteiger partial charge in [-0.25, -0.2) is 0 Å². The molecule has 212 valence electrons. The number of halogens is 1. The molecule has 2 aliphatic rings. The summed E-state index contributed by atoms with van der Waals surface area (Å²) in [5.74, 6) is -0.722. The lowest BCUT2D eigenvalue weighted by atomic mass is 9.74. The fraction of sp³-hybridized carbons (Fsp3) is 0.500. The predicted molar refractivity (Wildman–Crippen MR) is 153 cm³/mol. The van der Waals surface area contributed by atoms with E-state index in [1.165, 1.54) is 0 Å². The van der Waals surface area contributed by atoms with Crippen molar-refractivity contribution in [2.45, 2.75) is 76.8 Å². The minimum absolute atomic E-state index is 0. The second-order valence-corrected chi connectivity index (χ2v) is 10.4. The lowest BCUT2D eigenvalue weighted by Crippen LogP contribution is -2.59. The summed E-state index contributed by atoms with van der Waals surface area (Å²) in [5, 5.41) is 9.08. The van der Waals surface area contributed by atoms with Gasteiger partial charge in [-0.3, -0.25) is 14.4 Å². The summed E-state index contributed by atoms with van der Waals surface area (Å²) >= 11 is 0. The van der Waals surface area contributed by atoms with E-state index < -0.39 is 29.8 Å². The molecule has 0 spiro atoms. The number of carbonyl (C=O) groups excluding carboxylic acids is 3. The van der Waals surface area contributed by atoms with Gasteiger partial charge in [-0.1, -0.05) is 74.5 Å². The Morgan fingerprint density at radius 2 is 1.59 bits per heavy atom. The van der Waals surface area contributed by atoms with Gasteiger partial charge in [0.1, 0.15) is 18.3 Å². The number of rotatable bonds is 9. The van der Waals surface area contributed by atoms with Crippen LogP contribution in [0.25, 0.3) is 0 Å². The summed E-state index contributed by atoms with van der Waals surface area (Å²) < 4.78 is 6.17. The third kappa shape index (κ3) is 6.29. The van der Waals surface area contributed by atoms with E-state index in [0.717, 1.165) is 24.0 Å². The van der Waals surface area contributed by atoms with Crippen LogP contribution in [0.5, 0.6) is 0 Å². The van der Waals surface area contributed by atoms with Crippen molar-refractivity contribution in [3.63, 3.8) is 0 Å². The largest absolute Gasteiger partial charge is 0.358 e. The fourth-order valence-electron chi connectivity index (χ4n) is 5.82. The van der Waals surface area contributed by atoms with Crippen molar-refractivity contribution in [2.75, 3.05) is 13.7 Å². The average Bonchev–Trinajstić information content (AvgIpc) is 3.22. The highest BCUT2D eigenvalue weighted by atomic mass is 35.5. The molecule has 39 heavy (non-hydrogen) atoms. The van der Waals surface area contributed by atoms with Gasteiger partial charge in [0.05, 0.1) is 18.7 Å². The zero-order valence-corrected chi connectivity index (χ0v) is 24.0. The summed E-state index contributed by atoms with van der Waals surface area (Å²) in [7, 11) is 1.70. The molecule has 9 heteroatoms. The zero-order chi connectivity index (χ0) is 27.3. The molecule has 2 aliphatic heterocycles. The summed E-state index contributed by atoms with van der Waals surface area (Å²) in [6.45, 7) is 6.22. The topological polar surface area (TPSA) is 99.8 Å². The van der Waals surface area contributed by atoms with Crippen molar-refractivity contribution >= 4 is 30.1 Å². The molecule has 3 amide bonds. The number of nitrogens with one attached hydrogen (secondary N) is 3. The summed E-state index contributed by atoms with van der Waals surface area (Å²) in [5.41, 5.74) is 1.49. The second-order valence-electron chi connectivity index (χ2n) is 10.4. The quantitative estimate of drug-likeness (QED) is 0.438. The van der Waals surface area contributed by atoms with Gasteiger partial charge in [-0.2, -0.15) is 0 Å². The van der Waals surface area contributed by atoms with E-state index in [0.29, 0.717) is 19.4 Å². The molecule has 8 nitrogen and oxygen atoms in total. The Morgan fingerprint density at radius 1 is 1.03 bits per heavy atom. The van der Waals surface area contributed by atoms with Crippen LogP contribution < -0.4 is 16.0 Å². The van der Waals surface area contributed by atoms with Crippen LogP contribution in [-0.2, 0) is 19.1 Å². The third-order valence-corrected chi connectivity index (χ3v) is 8.37. The molecule has 2 saturated heterocycles. The molecular weight excluding hydrogens is 516 g/mol. The van der Waals surface area contributed by atoms with Crippen LogP contribution in [0.2, 0.25) is 0 Å². The first-order valence-corrected chi connectivity index (χ1v) is 13.7. The molecule has 3 unspecified atom stereocenters. The van der Waals surface area contributed by atoms with Crippen LogP contribution in [0.1, 0.15) is 63.6 Å². The Morgan fingerprint density at radius 3 is 2.10 bits per heavy atom. The smallest absolute Gasteiger partial charge is 0.247 e. The van der Waals surface area contributed by atoms with Gasteiger partial charge in [-0.15, -0.1) is 12.4 Å². The number of likely N-dealkylation sites (N-methyl/N-ethyl adjacent to an activating group) is 1. The highest BCUT2D eigenvalue weighted by molar-refractivity contribution is 5.94. The maximum atomic E-state index is 14.3. The number of fused-ring (bicyclic) bond motifs is 1. The minimum atomic E-state index is -0.748. The van der Waals surface area contributed by atoms with Crippen LogP contribution in [0.3, 0.4) is 0 Å². The Balaban J connectivity index is 0.00000420. The van der Waals surface area contributed by atoms with Crippen LogP contribution in [0.4, 0.5) is 0 Å². The Bertz CT molecular complexity index is 1070. The molecule has 2 aromatic rings. The van der Waals surface area contributed by atoms with Gasteiger partial charge in [0, 0.05) is 18.3 Å². The van der Waals surface area contributed by atoms with E-state index in [1.54, 1.807) is 18.9 Å². The SMILES string of the molecule is CCC1(CC)CC2OCCC(NC(=O)[C@H](C)NC)C(=O)N2C1C(=O)NC(c1ccccc1)c1ccccc1.Cl. The van der Waals surface area contributed by atoms with Crippen molar-refractivity contribution in [3.8, 4) is 0 Å². The number of hydrogen-bond acceptors (Lipinski definition) is 5. The molecule has 0 bridgehead atoms. The van der Waals surface area contributed by atoms with Crippen LogP contribution >= 0.6 is 12.4 Å². The van der Waals surface area contributed by atoms with Crippen molar-refractivity contribution in [1.29, 1.82) is 0 Å². The number of nitrogens with zero attached hydrogens (tertiary/aromatic N) is 1. The van der Waals surface area contributed by atoms with E-state index >= 15 is 0 Å². The second kappa shape index (κ2) is 13.4. The average molecular weight is 557 g/mol. The highest BCUT2D eigenvalue weighted by Crippen LogP contribution is 2.48. The molecule has 2 heterocycles. The molecule has 2 fully saturated rings. The number of benzene rings is 2.